The molecule has 0 bridgehead atoms. The zero-order valence-corrected chi connectivity index (χ0v) is 72.5. The SMILES string of the molecule is CCCCCCCCCCC[C@H](CC(=O)N[C@@H](COCc1ccccc1)COC1O[C@H](COC(=O)OC(C)(C)C(Cl)(Cl)Cl)[C@@H](OP(=O)(Oc2ccccc2)Oc2ccccc2)[C@H](OC(=O)C[C@@H](CCCCCCCCCCC)OC(=O)CCCCCCCCC)[C@H]1C(=O)OOCC(Cl)(Cl)Cl)OC(=O)CCCCCCCCC. The molecule has 1 fully saturated rings. The molecule has 0 spiro atoms. The first-order chi connectivity index (χ1) is 53.8. The lowest BCUT2D eigenvalue weighted by Gasteiger charge is -2.44. The van der Waals surface area contributed by atoms with E-state index < -0.39 is 132 Å². The van der Waals surface area contributed by atoms with Gasteiger partial charge in [-0.1, -0.05) is 344 Å². The van der Waals surface area contributed by atoms with Crippen LogP contribution in [0.25, 0.3) is 0 Å². The van der Waals surface area contributed by atoms with Crippen molar-refractivity contribution in [1.29, 1.82) is 0 Å². The molecule has 8 atom stereocenters. The van der Waals surface area contributed by atoms with Gasteiger partial charge in [0.2, 0.25) is 13.5 Å². The quantitative estimate of drug-likeness (QED) is 0.0105. The summed E-state index contributed by atoms with van der Waals surface area (Å²) in [6.07, 6.45) is 20.5. The highest BCUT2D eigenvalue weighted by Crippen LogP contribution is 2.53. The van der Waals surface area contributed by atoms with E-state index in [1.165, 1.54) is 63.8 Å². The number of benzene rings is 3. The summed E-state index contributed by atoms with van der Waals surface area (Å²) in [7, 11) is -5.25. The lowest BCUT2D eigenvalue weighted by atomic mass is 9.90. The largest absolute Gasteiger partial charge is 0.588 e. The van der Waals surface area contributed by atoms with Crippen molar-refractivity contribution in [2.75, 3.05) is 26.4 Å². The first-order valence-corrected chi connectivity index (χ1v) is 44.9. The zero-order valence-electron chi connectivity index (χ0n) is 67.1. The second kappa shape index (κ2) is 58.5. The highest BCUT2D eigenvalue weighted by Gasteiger charge is 2.58. The number of carbonyl (C=O) groups is 6. The predicted molar refractivity (Wildman–Crippen MR) is 440 cm³/mol. The standard InChI is InChI=1S/C84H128Cl6NO20P/c1-7-11-15-19-23-25-29-31-40-54-69(103-73(93)56-46-33-27-21-17-13-9-3)58-72(92)91-66(61-99-60-65-48-38-35-39-49-65)62-100-80-76(79(96)108-102-64-83(85,86)87)78(106-75(95)59-70(55-41-32-30-26-24-20-16-12-8-2)104-74(94)57-47-34-28-22-18-14-10-4)77(71(105-80)63-101-81(97)107-82(5,6)84(88,89)90)111-112(98,109-67-50-42-36-43-51-67)110-68-52-44-37-45-53-68/h35-39,42-45,48-53,66,69-71,76-78,80H,7-34,40-41,46-47,54-64H2,1-6H3,(H,91,92)/t66-,69+,70+,71+,76-,77+,78+,80?/m0/s1. The lowest BCUT2D eigenvalue weighted by Crippen LogP contribution is -2.61. The van der Waals surface area contributed by atoms with E-state index in [1.807, 2.05) is 30.3 Å². The van der Waals surface area contributed by atoms with Gasteiger partial charge in [0.15, 0.2) is 17.8 Å². The maximum absolute atomic E-state index is 15.9. The number of para-hydroxylation sites is 2. The van der Waals surface area contributed by atoms with Crippen LogP contribution in [0.4, 0.5) is 4.79 Å². The third kappa shape index (κ3) is 45.4. The molecule has 3 aromatic rings. The number of unbranched alkanes of at least 4 members (excludes halogenated alkanes) is 28. The third-order valence-electron chi connectivity index (χ3n) is 19.0. The van der Waals surface area contributed by atoms with Crippen molar-refractivity contribution in [2.24, 2.45) is 5.92 Å². The van der Waals surface area contributed by atoms with Crippen LogP contribution in [0.2, 0.25) is 0 Å². The Morgan fingerprint density at radius 1 is 0.518 bits per heavy atom. The number of esters is 3. The molecule has 0 radical (unpaired) electrons. The van der Waals surface area contributed by atoms with Crippen LogP contribution in [0.1, 0.15) is 291 Å². The summed E-state index contributed by atoms with van der Waals surface area (Å²) in [6, 6.07) is 23.6. The summed E-state index contributed by atoms with van der Waals surface area (Å²) in [6.45, 7) is 8.69. The van der Waals surface area contributed by atoms with Gasteiger partial charge in [-0.3, -0.25) is 28.6 Å². The Morgan fingerprint density at radius 2 is 0.946 bits per heavy atom. The Bertz CT molecular complexity index is 3020. The molecule has 1 unspecified atom stereocenters. The molecule has 1 aliphatic heterocycles. The molecule has 0 saturated carbocycles. The van der Waals surface area contributed by atoms with Gasteiger partial charge in [-0.15, -0.1) is 0 Å². The van der Waals surface area contributed by atoms with E-state index in [0.717, 1.165) is 160 Å². The third-order valence-corrected chi connectivity index (χ3v) is 22.1. The number of alkyl halides is 6. The number of phosphoric ester groups is 1. The molecule has 0 aliphatic carbocycles. The van der Waals surface area contributed by atoms with Crippen LogP contribution in [0.3, 0.4) is 0 Å². The van der Waals surface area contributed by atoms with Crippen molar-refractivity contribution >= 4 is 113 Å². The predicted octanol–water partition coefficient (Wildman–Crippen LogP) is 23.5. The molecular weight excluding hydrogens is 1590 g/mol. The number of phosphoric acid groups is 1. The van der Waals surface area contributed by atoms with Crippen molar-refractivity contribution < 1.29 is 94.6 Å². The Hall–Kier alpha value is -4.35. The summed E-state index contributed by atoms with van der Waals surface area (Å²) >= 11 is 37.2. The van der Waals surface area contributed by atoms with Gasteiger partial charge in [0.05, 0.1) is 38.7 Å². The molecule has 1 heterocycles. The van der Waals surface area contributed by atoms with E-state index >= 15 is 14.2 Å². The van der Waals surface area contributed by atoms with Crippen LogP contribution in [0, 0.1) is 5.92 Å². The Balaban J connectivity index is 1.91. The number of nitrogens with one attached hydrogen (secondary N) is 1. The summed E-state index contributed by atoms with van der Waals surface area (Å²) in [4.78, 5) is 97.7. The fourth-order valence-corrected chi connectivity index (χ4v) is 14.3. The van der Waals surface area contributed by atoms with Crippen molar-refractivity contribution in [3.05, 3.63) is 96.6 Å². The molecule has 1 amide bonds. The molecule has 1 saturated heterocycles. The lowest BCUT2D eigenvalue weighted by molar-refractivity contribution is -0.314. The fourth-order valence-electron chi connectivity index (χ4n) is 12.6. The van der Waals surface area contributed by atoms with Crippen LogP contribution in [0.5, 0.6) is 11.5 Å². The maximum atomic E-state index is 15.9. The average molecular weight is 1720 g/mol. The van der Waals surface area contributed by atoms with Gasteiger partial charge in [-0.05, 0) is 82.2 Å². The Labute approximate surface area is 697 Å². The van der Waals surface area contributed by atoms with Gasteiger partial charge in [-0.2, -0.15) is 4.89 Å². The highest BCUT2D eigenvalue weighted by molar-refractivity contribution is 7.49. The molecule has 0 aromatic heterocycles. The number of hydrogen-bond acceptors (Lipinski definition) is 20. The topological polar surface area (TPSA) is 252 Å². The minimum Gasteiger partial charge on any atom is -0.462 e. The van der Waals surface area contributed by atoms with Crippen LogP contribution in [-0.2, 0) is 87.3 Å². The Morgan fingerprint density at radius 3 is 1.39 bits per heavy atom. The first kappa shape index (κ1) is 100. The van der Waals surface area contributed by atoms with E-state index in [-0.39, 0.29) is 50.4 Å². The molecule has 3 aromatic carbocycles. The average Bonchev–Trinajstić information content (AvgIpc) is 0.765. The van der Waals surface area contributed by atoms with E-state index in [9.17, 15) is 19.2 Å². The summed E-state index contributed by atoms with van der Waals surface area (Å²) in [5.74, 6) is -6.22. The second-order valence-electron chi connectivity index (χ2n) is 29.5. The van der Waals surface area contributed by atoms with Crippen molar-refractivity contribution in [2.45, 2.75) is 348 Å². The van der Waals surface area contributed by atoms with Gasteiger partial charge in [0.1, 0.15) is 55.2 Å². The Kier molecular flexibility index (Phi) is 52.2. The second-order valence-corrected chi connectivity index (χ2v) is 35.8. The van der Waals surface area contributed by atoms with Crippen molar-refractivity contribution in [3.63, 3.8) is 0 Å². The molecule has 28 heteroatoms. The number of amides is 1. The van der Waals surface area contributed by atoms with E-state index in [0.29, 0.717) is 32.1 Å². The van der Waals surface area contributed by atoms with E-state index in [4.69, 9.17) is 131 Å². The summed E-state index contributed by atoms with van der Waals surface area (Å²) in [5.41, 5.74) is -1.06. The van der Waals surface area contributed by atoms with Gasteiger partial charge in [0.25, 0.3) is 0 Å². The van der Waals surface area contributed by atoms with Gasteiger partial charge >= 0.3 is 37.9 Å². The first-order valence-electron chi connectivity index (χ1n) is 41.1. The maximum Gasteiger partial charge on any atom is 0.588 e. The van der Waals surface area contributed by atoms with Crippen molar-refractivity contribution in [1.82, 2.24) is 5.32 Å². The van der Waals surface area contributed by atoms with Crippen LogP contribution < -0.4 is 14.4 Å². The van der Waals surface area contributed by atoms with Crippen molar-refractivity contribution in [3.8, 4) is 11.5 Å². The molecule has 112 heavy (non-hydrogen) atoms. The van der Waals surface area contributed by atoms with Gasteiger partial charge in [-0.25, -0.2) is 14.2 Å². The van der Waals surface area contributed by atoms with Gasteiger partial charge in [0, 0.05) is 12.8 Å². The summed E-state index contributed by atoms with van der Waals surface area (Å²) in [5, 5.41) is 3.01. The molecular formula is C84H128Cl6NO20P. The van der Waals surface area contributed by atoms with Crippen LogP contribution >= 0.6 is 77.4 Å². The molecule has 4 rings (SSSR count). The number of halogens is 6. The number of hydrogen-bond donors (Lipinski definition) is 1. The highest BCUT2D eigenvalue weighted by atomic mass is 35.6. The smallest absolute Gasteiger partial charge is 0.462 e. The van der Waals surface area contributed by atoms with E-state index in [2.05, 4.69) is 33.0 Å². The summed E-state index contributed by atoms with van der Waals surface area (Å²) < 4.78 is 80.1. The fraction of sp³-hybridized carbons (Fsp3) is 0.714. The number of rotatable bonds is 63. The molecule has 1 N–H and O–H groups in total. The monoisotopic (exact) mass is 1710 g/mol. The minimum absolute atomic E-state index is 0.0497. The van der Waals surface area contributed by atoms with Crippen LogP contribution in [-0.4, -0.2) is 118 Å². The number of ether oxygens (including phenoxy) is 8. The van der Waals surface area contributed by atoms with Gasteiger partial charge < -0.3 is 52.3 Å². The zero-order chi connectivity index (χ0) is 81.7. The number of carbonyl (C=O) groups excluding carboxylic acids is 6. The molecule has 1 aliphatic rings. The normalized spacial score (nSPS) is 16.8. The van der Waals surface area contributed by atoms with Crippen LogP contribution in [0.15, 0.2) is 91.0 Å². The molecule has 21 nitrogen and oxygen atoms in total. The van der Waals surface area contributed by atoms with E-state index in [1.54, 1.807) is 36.4 Å². The minimum atomic E-state index is -5.25. The molecule has 636 valence electrons.